The van der Waals surface area contributed by atoms with Gasteiger partial charge in [-0.05, 0) is 43.6 Å². The molecule has 5 unspecified atom stereocenters. The zero-order chi connectivity index (χ0) is 27.7. The van der Waals surface area contributed by atoms with E-state index in [0.29, 0.717) is 25.7 Å². The third-order valence-corrected chi connectivity index (χ3v) is 6.54. The van der Waals surface area contributed by atoms with Crippen LogP contribution in [-0.2, 0) is 16.0 Å². The fourth-order valence-electron chi connectivity index (χ4n) is 4.01. The Labute approximate surface area is 219 Å². The molecule has 0 bridgehead atoms. The quantitative estimate of drug-likeness (QED) is 0.106. The van der Waals surface area contributed by atoms with Crippen LogP contribution in [-0.4, -0.2) is 87.4 Å². The fraction of sp³-hybridized carbons (Fsp3) is 0.607. The Balaban J connectivity index is 0.000000738. The van der Waals surface area contributed by atoms with Crippen molar-refractivity contribution in [3.8, 4) is 0 Å². The molecule has 8 N–H and O–H groups in total. The van der Waals surface area contributed by atoms with Crippen molar-refractivity contribution in [3.63, 3.8) is 0 Å². The molecule has 9 nitrogen and oxygen atoms in total. The molecule has 0 spiro atoms. The second-order valence-electron chi connectivity index (χ2n) is 9.60. The minimum atomic E-state index is -1.21. The van der Waals surface area contributed by atoms with Gasteiger partial charge in [0.25, 0.3) is 0 Å². The van der Waals surface area contributed by atoms with E-state index >= 15 is 0 Å². The van der Waals surface area contributed by atoms with Crippen LogP contribution in [0.1, 0.15) is 44.1 Å². The third kappa shape index (κ3) is 12.8. The van der Waals surface area contributed by atoms with E-state index in [1.165, 1.54) is 12.7 Å². The van der Waals surface area contributed by atoms with Crippen molar-refractivity contribution >= 4 is 5.97 Å². The standard InChI is InChI=1S/C24H34O5.C4H11NO3/c1-29-24(28)12-8-3-2-7-11-20-21(23(27)17-22(20)26)16-15-19(25)14-13-18-9-5-4-6-10-18;5-4(1-6,2-7)3-8/h2,4-7,9-10,15-16,19-23,25-27H,3,8,11-14,17H2,1H3;6-8H,1-3,5H2/b7-2+,16-15+;. The summed E-state index contributed by atoms with van der Waals surface area (Å²) in [6.45, 7) is -1.21. The summed E-state index contributed by atoms with van der Waals surface area (Å²) in [6, 6.07) is 10.0. The van der Waals surface area contributed by atoms with Crippen molar-refractivity contribution in [3.05, 3.63) is 60.2 Å². The summed E-state index contributed by atoms with van der Waals surface area (Å²) in [7, 11) is 1.39. The van der Waals surface area contributed by atoms with Gasteiger partial charge in [0.1, 0.15) is 0 Å². The second kappa shape index (κ2) is 18.2. The predicted octanol–water partition coefficient (Wildman–Crippen LogP) is 0.845. The first-order valence-corrected chi connectivity index (χ1v) is 12.8. The molecule has 0 saturated heterocycles. The number of aryl methyl sites for hydroxylation is 1. The van der Waals surface area contributed by atoms with Crippen LogP contribution in [0, 0.1) is 11.8 Å². The summed E-state index contributed by atoms with van der Waals surface area (Å²) in [4.78, 5) is 11.1. The summed E-state index contributed by atoms with van der Waals surface area (Å²) in [5.41, 5.74) is 5.12. The maximum atomic E-state index is 11.1. The summed E-state index contributed by atoms with van der Waals surface area (Å²) < 4.78 is 4.61. The highest BCUT2D eigenvalue weighted by Crippen LogP contribution is 2.36. The van der Waals surface area contributed by atoms with Crippen molar-refractivity contribution in [2.75, 3.05) is 26.9 Å². The lowest BCUT2D eigenvalue weighted by Crippen LogP contribution is -2.50. The number of aliphatic hydroxyl groups excluding tert-OH is 6. The van der Waals surface area contributed by atoms with E-state index in [-0.39, 0.29) is 17.8 Å². The minimum Gasteiger partial charge on any atom is -0.469 e. The van der Waals surface area contributed by atoms with Gasteiger partial charge in [0.15, 0.2) is 0 Å². The number of rotatable bonds is 14. The molecule has 37 heavy (non-hydrogen) atoms. The molecule has 0 aliphatic heterocycles. The van der Waals surface area contributed by atoms with E-state index in [1.54, 1.807) is 6.08 Å². The Bertz CT molecular complexity index is 788. The molecule has 0 aromatic heterocycles. The highest BCUT2D eigenvalue weighted by molar-refractivity contribution is 5.69. The second-order valence-corrected chi connectivity index (χ2v) is 9.60. The van der Waals surface area contributed by atoms with Crippen molar-refractivity contribution in [2.24, 2.45) is 17.6 Å². The Kier molecular flexibility index (Phi) is 16.2. The third-order valence-electron chi connectivity index (χ3n) is 6.54. The molecule has 9 heteroatoms. The van der Waals surface area contributed by atoms with E-state index in [1.807, 2.05) is 48.6 Å². The van der Waals surface area contributed by atoms with Crippen LogP contribution in [0.5, 0.6) is 0 Å². The lowest BCUT2D eigenvalue weighted by atomic mass is 9.89. The lowest BCUT2D eigenvalue weighted by Gasteiger charge is -2.20. The fourth-order valence-corrected chi connectivity index (χ4v) is 4.01. The van der Waals surface area contributed by atoms with Crippen molar-refractivity contribution in [1.82, 2.24) is 0 Å². The number of esters is 1. The zero-order valence-electron chi connectivity index (χ0n) is 21.7. The number of carbonyl (C=O) groups is 1. The van der Waals surface area contributed by atoms with Gasteiger partial charge in [-0.15, -0.1) is 0 Å². The van der Waals surface area contributed by atoms with Gasteiger partial charge in [-0.2, -0.15) is 0 Å². The van der Waals surface area contributed by atoms with E-state index in [4.69, 9.17) is 21.1 Å². The molecule has 1 aromatic carbocycles. The van der Waals surface area contributed by atoms with Crippen LogP contribution in [0.2, 0.25) is 0 Å². The number of allylic oxidation sites excluding steroid dienone is 2. The van der Waals surface area contributed by atoms with E-state index < -0.39 is 43.7 Å². The Morgan fingerprint density at radius 1 is 1.11 bits per heavy atom. The predicted molar refractivity (Wildman–Crippen MR) is 141 cm³/mol. The normalized spacial score (nSPS) is 22.7. The lowest BCUT2D eigenvalue weighted by molar-refractivity contribution is -0.140. The Morgan fingerprint density at radius 3 is 2.32 bits per heavy atom. The minimum absolute atomic E-state index is 0.0700. The van der Waals surface area contributed by atoms with Crippen molar-refractivity contribution in [2.45, 2.75) is 68.8 Å². The molecule has 1 fully saturated rings. The number of unbranched alkanes of at least 4 members (excludes halogenated alkanes) is 1. The number of methoxy groups -OCH3 is 1. The van der Waals surface area contributed by atoms with Crippen LogP contribution >= 0.6 is 0 Å². The van der Waals surface area contributed by atoms with E-state index in [0.717, 1.165) is 19.3 Å². The number of hydrogen-bond acceptors (Lipinski definition) is 9. The zero-order valence-corrected chi connectivity index (χ0v) is 21.7. The topological polar surface area (TPSA) is 174 Å². The smallest absolute Gasteiger partial charge is 0.305 e. The first kappa shape index (κ1) is 32.9. The van der Waals surface area contributed by atoms with Gasteiger partial charge in [-0.25, -0.2) is 0 Å². The molecule has 0 amide bonds. The summed E-state index contributed by atoms with van der Waals surface area (Å²) >= 11 is 0. The van der Waals surface area contributed by atoms with Crippen molar-refractivity contribution in [1.29, 1.82) is 0 Å². The first-order valence-electron chi connectivity index (χ1n) is 12.8. The molecular formula is C28H45NO8. The monoisotopic (exact) mass is 523 g/mol. The maximum absolute atomic E-state index is 11.1. The number of carbonyl (C=O) groups excluding carboxylic acids is 1. The molecule has 210 valence electrons. The van der Waals surface area contributed by atoms with Gasteiger partial charge < -0.3 is 41.1 Å². The number of benzene rings is 1. The van der Waals surface area contributed by atoms with Crippen molar-refractivity contribution < 1.29 is 40.2 Å². The molecule has 5 atom stereocenters. The molecule has 1 aliphatic rings. The van der Waals surface area contributed by atoms with Crippen LogP contribution in [0.15, 0.2) is 54.6 Å². The van der Waals surface area contributed by atoms with E-state index in [2.05, 4.69) is 4.74 Å². The summed E-state index contributed by atoms with van der Waals surface area (Å²) in [5, 5.41) is 55.9. The number of hydrogen-bond donors (Lipinski definition) is 7. The SMILES string of the molecule is COC(=O)CCC/C=C/CC1C(O)CC(O)C1/C=C/C(O)CCc1ccccc1.NC(CO)(CO)CO. The van der Waals surface area contributed by atoms with Gasteiger partial charge in [-0.1, -0.05) is 54.6 Å². The first-order chi connectivity index (χ1) is 17.7. The average molecular weight is 524 g/mol. The molecule has 1 saturated carbocycles. The highest BCUT2D eigenvalue weighted by Gasteiger charge is 2.39. The maximum Gasteiger partial charge on any atom is 0.305 e. The highest BCUT2D eigenvalue weighted by atomic mass is 16.5. The van der Waals surface area contributed by atoms with E-state index in [9.17, 15) is 20.1 Å². The van der Waals surface area contributed by atoms with Gasteiger partial charge in [-0.3, -0.25) is 4.79 Å². The largest absolute Gasteiger partial charge is 0.469 e. The van der Waals surface area contributed by atoms with Gasteiger partial charge in [0, 0.05) is 18.8 Å². The van der Waals surface area contributed by atoms with Gasteiger partial charge in [0.05, 0.1) is 50.8 Å². The van der Waals surface area contributed by atoms with Crippen LogP contribution < -0.4 is 5.73 Å². The number of ether oxygens (including phenoxy) is 1. The number of nitrogens with two attached hydrogens (primary N) is 1. The molecule has 2 rings (SSSR count). The molecule has 1 aliphatic carbocycles. The van der Waals surface area contributed by atoms with Crippen LogP contribution in [0.25, 0.3) is 0 Å². The van der Waals surface area contributed by atoms with Gasteiger partial charge in [0.2, 0.25) is 0 Å². The van der Waals surface area contributed by atoms with Crippen LogP contribution in [0.3, 0.4) is 0 Å². The molecule has 0 radical (unpaired) electrons. The number of aliphatic hydroxyl groups is 6. The van der Waals surface area contributed by atoms with Crippen LogP contribution in [0.4, 0.5) is 0 Å². The molecule has 0 heterocycles. The Morgan fingerprint density at radius 2 is 1.76 bits per heavy atom. The average Bonchev–Trinajstić information content (AvgIpc) is 3.19. The summed E-state index contributed by atoms with van der Waals surface area (Å²) in [6.07, 6.45) is 10.3. The summed E-state index contributed by atoms with van der Waals surface area (Å²) in [5.74, 6) is -0.445. The Hall–Kier alpha value is -2.11. The molecular weight excluding hydrogens is 478 g/mol. The molecule has 1 aromatic rings. The van der Waals surface area contributed by atoms with Gasteiger partial charge >= 0.3 is 5.97 Å².